The van der Waals surface area contributed by atoms with E-state index in [2.05, 4.69) is 24.8 Å². The van der Waals surface area contributed by atoms with Crippen molar-refractivity contribution in [2.75, 3.05) is 44.7 Å². The largest absolute Gasteiger partial charge is 0.480 e. The van der Waals surface area contributed by atoms with E-state index in [1.165, 1.54) is 12.1 Å². The highest BCUT2D eigenvalue weighted by Crippen LogP contribution is 2.24. The van der Waals surface area contributed by atoms with E-state index in [0.29, 0.717) is 29.5 Å². The molecular weight excluding hydrogens is 388 g/mol. The molecule has 0 spiro atoms. The molecule has 1 fully saturated rings. The number of benzene rings is 1. The molecule has 0 radical (unpaired) electrons. The number of nitro groups is 1. The van der Waals surface area contributed by atoms with Crippen LogP contribution in [0.15, 0.2) is 47.3 Å². The number of hydrogen-bond acceptors (Lipinski definition) is 9. The minimum atomic E-state index is -0.419. The van der Waals surface area contributed by atoms with Gasteiger partial charge in [0.05, 0.1) is 30.6 Å². The Balaban J connectivity index is 1.30. The maximum Gasteiger partial charge on any atom is 0.270 e. The van der Waals surface area contributed by atoms with Crippen LogP contribution in [0.4, 0.5) is 11.5 Å². The summed E-state index contributed by atoms with van der Waals surface area (Å²) in [7, 11) is 1.58. The number of hydrogen-bond donors (Lipinski definition) is 0. The molecule has 3 aromatic rings. The van der Waals surface area contributed by atoms with Gasteiger partial charge in [-0.15, -0.1) is 0 Å². The first-order valence-corrected chi connectivity index (χ1v) is 9.65. The van der Waals surface area contributed by atoms with E-state index in [1.54, 1.807) is 37.8 Å². The minimum Gasteiger partial charge on any atom is -0.480 e. The molecule has 0 unspecified atom stereocenters. The van der Waals surface area contributed by atoms with Crippen molar-refractivity contribution in [2.24, 2.45) is 0 Å². The molecule has 1 aromatic carbocycles. The first kappa shape index (κ1) is 19.8. The highest BCUT2D eigenvalue weighted by atomic mass is 16.6. The number of oxazole rings is 1. The fourth-order valence-electron chi connectivity index (χ4n) is 3.38. The summed E-state index contributed by atoms with van der Waals surface area (Å²) in [5.41, 5.74) is 0.681. The average molecular weight is 410 g/mol. The van der Waals surface area contributed by atoms with Gasteiger partial charge >= 0.3 is 0 Å². The molecule has 0 amide bonds. The van der Waals surface area contributed by atoms with Gasteiger partial charge in [0.25, 0.3) is 5.69 Å². The maximum atomic E-state index is 10.9. The molecule has 1 aliphatic heterocycles. The second kappa shape index (κ2) is 8.87. The highest BCUT2D eigenvalue weighted by molar-refractivity contribution is 5.60. The molecule has 30 heavy (non-hydrogen) atoms. The minimum absolute atomic E-state index is 0.0315. The smallest absolute Gasteiger partial charge is 0.270 e. The van der Waals surface area contributed by atoms with Crippen LogP contribution < -0.4 is 9.64 Å². The summed E-state index contributed by atoms with van der Waals surface area (Å²) < 4.78 is 11.0. The topological polar surface area (TPSA) is 111 Å². The second-order valence-corrected chi connectivity index (χ2v) is 6.92. The molecule has 0 atom stereocenters. The Labute approximate surface area is 173 Å². The van der Waals surface area contributed by atoms with Crippen molar-refractivity contribution in [2.45, 2.75) is 6.42 Å². The lowest BCUT2D eigenvalue weighted by Crippen LogP contribution is -2.47. The normalized spacial score (nSPS) is 14.6. The first-order valence-electron chi connectivity index (χ1n) is 9.65. The zero-order chi connectivity index (χ0) is 20.9. The number of nitrogens with zero attached hydrogens (tertiary/aromatic N) is 6. The van der Waals surface area contributed by atoms with Crippen molar-refractivity contribution in [3.8, 4) is 17.2 Å². The SMILES string of the molecule is COc1cncc(N2CCN(CCc3ncc(-c4cccc([N+](=O)[O-])c4)o3)CC2)n1. The van der Waals surface area contributed by atoms with Crippen LogP contribution in [-0.4, -0.2) is 64.6 Å². The number of non-ortho nitro benzene ring substituents is 1. The molecule has 2 aromatic heterocycles. The molecule has 0 bridgehead atoms. The molecule has 1 saturated heterocycles. The number of ether oxygens (including phenoxy) is 1. The van der Waals surface area contributed by atoms with Gasteiger partial charge in [0, 0.05) is 56.8 Å². The van der Waals surface area contributed by atoms with Crippen LogP contribution in [0, 0.1) is 10.1 Å². The van der Waals surface area contributed by atoms with Crippen molar-refractivity contribution in [3.05, 3.63) is 58.9 Å². The van der Waals surface area contributed by atoms with E-state index in [-0.39, 0.29) is 5.69 Å². The monoisotopic (exact) mass is 410 g/mol. The van der Waals surface area contributed by atoms with Gasteiger partial charge in [-0.25, -0.2) is 4.98 Å². The predicted octanol–water partition coefficient (Wildman–Crippen LogP) is 2.41. The van der Waals surface area contributed by atoms with Gasteiger partial charge in [-0.1, -0.05) is 12.1 Å². The standard InChI is InChI=1S/C20H22N6O4/c1-29-20-14-21-13-18(23-20)25-9-7-24(8-10-25)6-5-19-22-12-17(30-19)15-3-2-4-16(11-15)26(27)28/h2-4,11-14H,5-10H2,1H3. The Morgan fingerprint density at radius 1 is 1.20 bits per heavy atom. The first-order chi connectivity index (χ1) is 14.6. The summed E-state index contributed by atoms with van der Waals surface area (Å²) in [4.78, 5) is 28.0. The van der Waals surface area contributed by atoms with Crippen LogP contribution in [0.3, 0.4) is 0 Å². The van der Waals surface area contributed by atoms with E-state index in [0.717, 1.165) is 38.5 Å². The molecule has 10 nitrogen and oxygen atoms in total. The lowest BCUT2D eigenvalue weighted by atomic mass is 10.2. The fourth-order valence-corrected chi connectivity index (χ4v) is 3.38. The van der Waals surface area contributed by atoms with Crippen LogP contribution in [0.2, 0.25) is 0 Å². The predicted molar refractivity (Wildman–Crippen MR) is 110 cm³/mol. The third-order valence-electron chi connectivity index (χ3n) is 5.04. The van der Waals surface area contributed by atoms with E-state index in [1.807, 2.05) is 0 Å². The number of piperazine rings is 1. The zero-order valence-corrected chi connectivity index (χ0v) is 16.6. The average Bonchev–Trinajstić information content (AvgIpc) is 3.27. The molecule has 4 rings (SSSR count). The number of nitro benzene ring substituents is 1. The summed E-state index contributed by atoms with van der Waals surface area (Å²) in [5, 5.41) is 10.9. The van der Waals surface area contributed by atoms with Gasteiger partial charge in [-0.05, 0) is 0 Å². The van der Waals surface area contributed by atoms with E-state index in [4.69, 9.17) is 9.15 Å². The van der Waals surface area contributed by atoms with Gasteiger partial charge in [-0.3, -0.25) is 20.0 Å². The fraction of sp³-hybridized carbons (Fsp3) is 0.350. The van der Waals surface area contributed by atoms with Crippen LogP contribution in [-0.2, 0) is 6.42 Å². The maximum absolute atomic E-state index is 10.9. The Morgan fingerprint density at radius 3 is 2.80 bits per heavy atom. The molecule has 1 aliphatic rings. The zero-order valence-electron chi connectivity index (χ0n) is 16.6. The molecule has 0 saturated carbocycles. The van der Waals surface area contributed by atoms with Crippen molar-refractivity contribution in [1.29, 1.82) is 0 Å². The Morgan fingerprint density at radius 2 is 2.03 bits per heavy atom. The van der Waals surface area contributed by atoms with Gasteiger partial charge in [-0.2, -0.15) is 4.98 Å². The number of rotatable bonds is 7. The third kappa shape index (κ3) is 4.54. The van der Waals surface area contributed by atoms with Gasteiger partial charge in [0.1, 0.15) is 0 Å². The Bertz CT molecular complexity index is 1020. The summed E-state index contributed by atoms with van der Waals surface area (Å²) in [6.07, 6.45) is 5.64. The van der Waals surface area contributed by atoms with Crippen molar-refractivity contribution in [3.63, 3.8) is 0 Å². The van der Waals surface area contributed by atoms with E-state index in [9.17, 15) is 10.1 Å². The Kier molecular flexibility index (Phi) is 5.84. The summed E-state index contributed by atoms with van der Waals surface area (Å²) in [6.45, 7) is 4.33. The molecule has 0 N–H and O–H groups in total. The molecule has 0 aliphatic carbocycles. The van der Waals surface area contributed by atoms with Crippen LogP contribution >= 0.6 is 0 Å². The van der Waals surface area contributed by atoms with Crippen LogP contribution in [0.1, 0.15) is 5.89 Å². The van der Waals surface area contributed by atoms with E-state index >= 15 is 0 Å². The quantitative estimate of drug-likeness (QED) is 0.428. The van der Waals surface area contributed by atoms with Gasteiger partial charge in [0.2, 0.25) is 5.88 Å². The number of anilines is 1. The highest BCUT2D eigenvalue weighted by Gasteiger charge is 2.19. The van der Waals surface area contributed by atoms with Crippen LogP contribution in [0.5, 0.6) is 5.88 Å². The third-order valence-corrected chi connectivity index (χ3v) is 5.04. The summed E-state index contributed by atoms with van der Waals surface area (Å²) >= 11 is 0. The lowest BCUT2D eigenvalue weighted by Gasteiger charge is -2.35. The number of aromatic nitrogens is 3. The van der Waals surface area contributed by atoms with Gasteiger partial charge in [0.15, 0.2) is 17.5 Å². The molecule has 156 valence electrons. The van der Waals surface area contributed by atoms with Crippen molar-refractivity contribution >= 4 is 11.5 Å². The van der Waals surface area contributed by atoms with Crippen molar-refractivity contribution in [1.82, 2.24) is 19.9 Å². The lowest BCUT2D eigenvalue weighted by molar-refractivity contribution is -0.384. The number of methoxy groups -OCH3 is 1. The summed E-state index contributed by atoms with van der Waals surface area (Å²) in [6, 6.07) is 6.36. The molecule has 10 heteroatoms. The van der Waals surface area contributed by atoms with E-state index < -0.39 is 4.92 Å². The van der Waals surface area contributed by atoms with Crippen molar-refractivity contribution < 1.29 is 14.1 Å². The second-order valence-electron chi connectivity index (χ2n) is 6.92. The molecule has 3 heterocycles. The summed E-state index contributed by atoms with van der Waals surface area (Å²) in [5.74, 6) is 2.49. The molecular formula is C20H22N6O4. The van der Waals surface area contributed by atoms with Crippen LogP contribution in [0.25, 0.3) is 11.3 Å². The van der Waals surface area contributed by atoms with Gasteiger partial charge < -0.3 is 14.1 Å². The Hall–Kier alpha value is -3.53.